The lowest BCUT2D eigenvalue weighted by Crippen LogP contribution is -2.50. The van der Waals surface area contributed by atoms with E-state index in [2.05, 4.69) is 27.7 Å². The molecule has 0 heterocycles. The van der Waals surface area contributed by atoms with Gasteiger partial charge in [-0.15, -0.1) is 0 Å². The summed E-state index contributed by atoms with van der Waals surface area (Å²) in [5.74, 6) is 0.283. The number of fused-ring (bicyclic) bond motifs is 4. The Bertz CT molecular complexity index is 588. The van der Waals surface area contributed by atoms with E-state index in [0.717, 1.165) is 36.8 Å². The van der Waals surface area contributed by atoms with E-state index in [1.54, 1.807) is 0 Å². The number of phenols is 1. The first-order valence-corrected chi connectivity index (χ1v) is 7.60. The van der Waals surface area contributed by atoms with E-state index < -0.39 is 5.60 Å². The van der Waals surface area contributed by atoms with Gasteiger partial charge in [0.2, 0.25) is 0 Å². The molecule has 1 fully saturated rings. The molecule has 0 aromatic heterocycles. The van der Waals surface area contributed by atoms with Crippen LogP contribution < -0.4 is 0 Å². The number of aliphatic hydroxyl groups is 1. The van der Waals surface area contributed by atoms with Gasteiger partial charge in [0.1, 0.15) is 5.75 Å². The van der Waals surface area contributed by atoms with E-state index in [0.29, 0.717) is 0 Å². The number of rotatable bonds is 0. The number of hydrogen-bond acceptors (Lipinski definition) is 2. The van der Waals surface area contributed by atoms with E-state index in [9.17, 15) is 10.2 Å². The first kappa shape index (κ1) is 13.9. The van der Waals surface area contributed by atoms with Gasteiger partial charge < -0.3 is 10.2 Å². The molecule has 1 aromatic carbocycles. The van der Waals surface area contributed by atoms with E-state index >= 15 is 0 Å². The maximum absolute atomic E-state index is 11.3. The summed E-state index contributed by atoms with van der Waals surface area (Å²) in [6.07, 6.45) is 3.61. The molecular formula is C18H26O2. The van der Waals surface area contributed by atoms with Crippen LogP contribution in [0.15, 0.2) is 6.07 Å². The maximum Gasteiger partial charge on any atom is 0.122 e. The maximum atomic E-state index is 11.3. The molecule has 2 heteroatoms. The summed E-state index contributed by atoms with van der Waals surface area (Å²) >= 11 is 0. The van der Waals surface area contributed by atoms with Crippen molar-refractivity contribution >= 4 is 0 Å². The zero-order valence-corrected chi connectivity index (χ0v) is 13.3. The van der Waals surface area contributed by atoms with Crippen LogP contribution in [0.3, 0.4) is 0 Å². The SMILES string of the molecule is Cc1cc(O)c2c(c1C)CC1(C)CC(C)(C)CC2(O)C1. The van der Waals surface area contributed by atoms with Crippen molar-refractivity contribution in [1.82, 2.24) is 0 Å². The summed E-state index contributed by atoms with van der Waals surface area (Å²) in [7, 11) is 0. The van der Waals surface area contributed by atoms with Gasteiger partial charge in [-0.3, -0.25) is 0 Å². The van der Waals surface area contributed by atoms with Crippen molar-refractivity contribution in [3.05, 3.63) is 28.3 Å². The highest BCUT2D eigenvalue weighted by atomic mass is 16.3. The lowest BCUT2D eigenvalue weighted by atomic mass is 9.52. The van der Waals surface area contributed by atoms with Crippen molar-refractivity contribution < 1.29 is 10.2 Å². The second-order valence-electron chi connectivity index (χ2n) is 8.40. The number of phenolic OH excluding ortho intramolecular Hbond substituents is 1. The van der Waals surface area contributed by atoms with Gasteiger partial charge in [0.15, 0.2) is 0 Å². The van der Waals surface area contributed by atoms with Crippen molar-refractivity contribution in [2.45, 2.75) is 65.9 Å². The minimum absolute atomic E-state index is 0.116. The van der Waals surface area contributed by atoms with Gasteiger partial charge in [-0.1, -0.05) is 20.8 Å². The van der Waals surface area contributed by atoms with Crippen LogP contribution in [0.4, 0.5) is 0 Å². The van der Waals surface area contributed by atoms with Crippen LogP contribution in [-0.2, 0) is 12.0 Å². The van der Waals surface area contributed by atoms with Crippen molar-refractivity contribution in [1.29, 1.82) is 0 Å². The van der Waals surface area contributed by atoms with Crippen LogP contribution in [0, 0.1) is 24.7 Å². The standard InChI is InChI=1S/C18H26O2/c1-11-6-14(19)15-13(12(11)2)7-17(5)8-16(3,4)9-18(15,20)10-17/h6,19-20H,7-10H2,1-5H3. The lowest BCUT2D eigenvalue weighted by molar-refractivity contribution is -0.108. The third kappa shape index (κ3) is 1.88. The molecule has 110 valence electrons. The number of aryl methyl sites for hydroxylation is 1. The van der Waals surface area contributed by atoms with E-state index in [4.69, 9.17) is 0 Å². The molecule has 2 aliphatic carbocycles. The Morgan fingerprint density at radius 1 is 1.05 bits per heavy atom. The smallest absolute Gasteiger partial charge is 0.122 e. The summed E-state index contributed by atoms with van der Waals surface area (Å²) in [4.78, 5) is 0. The Hall–Kier alpha value is -1.02. The molecule has 2 nitrogen and oxygen atoms in total. The highest BCUT2D eigenvalue weighted by Crippen LogP contribution is 2.61. The fourth-order valence-corrected chi connectivity index (χ4v) is 5.27. The monoisotopic (exact) mass is 274 g/mol. The fourth-order valence-electron chi connectivity index (χ4n) is 5.27. The summed E-state index contributed by atoms with van der Waals surface area (Å²) in [5.41, 5.74) is 3.74. The highest BCUT2D eigenvalue weighted by Gasteiger charge is 2.54. The van der Waals surface area contributed by atoms with Crippen LogP contribution in [0.2, 0.25) is 0 Å². The molecular weight excluding hydrogens is 248 g/mol. The second-order valence-corrected chi connectivity index (χ2v) is 8.40. The molecule has 0 radical (unpaired) electrons. The van der Waals surface area contributed by atoms with Crippen LogP contribution >= 0.6 is 0 Å². The Morgan fingerprint density at radius 3 is 2.35 bits per heavy atom. The second kappa shape index (κ2) is 3.79. The molecule has 2 atom stereocenters. The van der Waals surface area contributed by atoms with Crippen LogP contribution in [0.5, 0.6) is 5.75 Å². The summed E-state index contributed by atoms with van der Waals surface area (Å²) < 4.78 is 0. The lowest BCUT2D eigenvalue weighted by Gasteiger charge is -2.55. The molecule has 0 amide bonds. The van der Waals surface area contributed by atoms with Gasteiger partial charge in [0, 0.05) is 5.56 Å². The molecule has 2 unspecified atom stereocenters. The number of benzene rings is 1. The quantitative estimate of drug-likeness (QED) is 0.751. The van der Waals surface area contributed by atoms with Crippen molar-refractivity contribution in [2.75, 3.05) is 0 Å². The van der Waals surface area contributed by atoms with Crippen molar-refractivity contribution in [3.63, 3.8) is 0 Å². The minimum Gasteiger partial charge on any atom is -0.508 e. The Morgan fingerprint density at radius 2 is 1.70 bits per heavy atom. The average molecular weight is 274 g/mol. The first-order chi connectivity index (χ1) is 9.05. The minimum atomic E-state index is -0.868. The molecule has 3 rings (SSSR count). The summed E-state index contributed by atoms with van der Waals surface area (Å²) in [6, 6.07) is 1.82. The van der Waals surface area contributed by atoms with Crippen LogP contribution in [-0.4, -0.2) is 10.2 Å². The van der Waals surface area contributed by atoms with Gasteiger partial charge in [-0.25, -0.2) is 0 Å². The van der Waals surface area contributed by atoms with Gasteiger partial charge in [-0.05, 0) is 73.1 Å². The first-order valence-electron chi connectivity index (χ1n) is 7.60. The van der Waals surface area contributed by atoms with Gasteiger partial charge in [0.25, 0.3) is 0 Å². The number of aromatic hydroxyl groups is 1. The van der Waals surface area contributed by atoms with E-state index in [1.807, 2.05) is 13.0 Å². The Balaban J connectivity index is 2.28. The van der Waals surface area contributed by atoms with E-state index in [1.165, 1.54) is 11.1 Å². The molecule has 0 saturated heterocycles. The molecule has 1 saturated carbocycles. The van der Waals surface area contributed by atoms with Gasteiger partial charge >= 0.3 is 0 Å². The molecule has 2 bridgehead atoms. The largest absolute Gasteiger partial charge is 0.508 e. The van der Waals surface area contributed by atoms with Crippen molar-refractivity contribution in [2.24, 2.45) is 10.8 Å². The predicted octanol–water partition coefficient (Wildman–Crippen LogP) is 3.97. The van der Waals surface area contributed by atoms with Gasteiger partial charge in [0.05, 0.1) is 5.60 Å². The average Bonchev–Trinajstić information content (AvgIpc) is 2.19. The fraction of sp³-hybridized carbons (Fsp3) is 0.667. The molecule has 2 N–H and O–H groups in total. The third-order valence-corrected chi connectivity index (χ3v) is 5.42. The third-order valence-electron chi connectivity index (χ3n) is 5.42. The van der Waals surface area contributed by atoms with Gasteiger partial charge in [-0.2, -0.15) is 0 Å². The molecule has 2 aliphatic rings. The molecule has 20 heavy (non-hydrogen) atoms. The van der Waals surface area contributed by atoms with Crippen molar-refractivity contribution in [3.8, 4) is 5.75 Å². The summed E-state index contributed by atoms with van der Waals surface area (Å²) in [5, 5.41) is 21.7. The Kier molecular flexibility index (Phi) is 2.64. The Labute approximate surface area is 121 Å². The van der Waals surface area contributed by atoms with E-state index in [-0.39, 0.29) is 16.6 Å². The zero-order valence-electron chi connectivity index (χ0n) is 13.3. The molecule has 1 aromatic rings. The molecule has 0 spiro atoms. The number of hydrogen-bond donors (Lipinski definition) is 2. The summed E-state index contributed by atoms with van der Waals surface area (Å²) in [6.45, 7) is 10.9. The predicted molar refractivity (Wildman–Crippen MR) is 80.9 cm³/mol. The highest BCUT2D eigenvalue weighted by molar-refractivity contribution is 5.53. The van der Waals surface area contributed by atoms with Crippen LogP contribution in [0.25, 0.3) is 0 Å². The normalized spacial score (nSPS) is 34.7. The molecule has 0 aliphatic heterocycles. The zero-order chi connectivity index (χ0) is 14.9. The topological polar surface area (TPSA) is 40.5 Å². The van der Waals surface area contributed by atoms with Crippen LogP contribution in [0.1, 0.15) is 62.3 Å².